The van der Waals surface area contributed by atoms with E-state index in [1.807, 2.05) is 6.92 Å². The van der Waals surface area contributed by atoms with Crippen LogP contribution in [0.5, 0.6) is 0 Å². The van der Waals surface area contributed by atoms with Gasteiger partial charge in [0, 0.05) is 5.56 Å². The van der Waals surface area contributed by atoms with Crippen molar-refractivity contribution in [3.05, 3.63) is 44.6 Å². The Kier molecular flexibility index (Phi) is 4.42. The van der Waals surface area contributed by atoms with Crippen LogP contribution in [0, 0.1) is 5.82 Å². The number of hydrogen-bond donors (Lipinski definition) is 1. The third-order valence-corrected chi connectivity index (χ3v) is 4.03. The van der Waals surface area contributed by atoms with Crippen LogP contribution in [0.1, 0.15) is 35.6 Å². The minimum Gasteiger partial charge on any atom is -0.383 e. The van der Waals surface area contributed by atoms with E-state index in [0.717, 1.165) is 30.1 Å². The number of nitrogens with zero attached hydrogens (tertiary/aromatic N) is 2. The predicted octanol–water partition coefficient (Wildman–Crippen LogP) is 3.47. The fraction of sp³-hybridized carbons (Fsp3) is 0.333. The average Bonchev–Trinajstić information content (AvgIpc) is 2.80. The van der Waals surface area contributed by atoms with Gasteiger partial charge in [-0.15, -0.1) is 5.10 Å². The molecule has 0 aliphatic carbocycles. The van der Waals surface area contributed by atoms with Crippen LogP contribution in [-0.2, 0) is 6.42 Å². The second kappa shape index (κ2) is 5.86. The minimum atomic E-state index is -1.01. The van der Waals surface area contributed by atoms with Crippen LogP contribution < -0.4 is 0 Å². The molecular formula is C12H12BrFN2OS. The molecule has 0 aliphatic rings. The molecule has 3 nitrogen and oxygen atoms in total. The van der Waals surface area contributed by atoms with Gasteiger partial charge >= 0.3 is 0 Å². The molecule has 1 unspecified atom stereocenters. The van der Waals surface area contributed by atoms with Crippen molar-refractivity contribution < 1.29 is 9.50 Å². The third-order valence-electron chi connectivity index (χ3n) is 2.60. The molecule has 0 saturated heterocycles. The highest BCUT2D eigenvalue weighted by molar-refractivity contribution is 9.10. The van der Waals surface area contributed by atoms with Crippen molar-refractivity contribution in [2.45, 2.75) is 25.9 Å². The van der Waals surface area contributed by atoms with Gasteiger partial charge in [-0.25, -0.2) is 4.39 Å². The summed E-state index contributed by atoms with van der Waals surface area (Å²) in [4.78, 5) is 0.619. The maximum Gasteiger partial charge on any atom is 0.143 e. The summed E-state index contributed by atoms with van der Waals surface area (Å²) in [5, 5.41) is 14.2. The minimum absolute atomic E-state index is 0.243. The first kappa shape index (κ1) is 13.6. The van der Waals surface area contributed by atoms with E-state index in [2.05, 4.69) is 25.5 Å². The summed E-state index contributed by atoms with van der Waals surface area (Å²) in [5.41, 5.74) is 0.988. The van der Waals surface area contributed by atoms with E-state index in [-0.39, 0.29) is 5.56 Å². The van der Waals surface area contributed by atoms with Gasteiger partial charge in [-0.3, -0.25) is 0 Å². The molecule has 6 heteroatoms. The third kappa shape index (κ3) is 2.60. The lowest BCUT2D eigenvalue weighted by molar-refractivity contribution is 0.217. The highest BCUT2D eigenvalue weighted by Crippen LogP contribution is 2.31. The zero-order chi connectivity index (χ0) is 13.1. The first-order valence-corrected chi connectivity index (χ1v) is 7.14. The highest BCUT2D eigenvalue weighted by atomic mass is 79.9. The van der Waals surface area contributed by atoms with Crippen molar-refractivity contribution in [3.63, 3.8) is 0 Å². The van der Waals surface area contributed by atoms with Crippen LogP contribution in [0.4, 0.5) is 4.39 Å². The maximum atomic E-state index is 13.9. The number of rotatable bonds is 4. The summed E-state index contributed by atoms with van der Waals surface area (Å²) < 4.78 is 18.1. The topological polar surface area (TPSA) is 46.0 Å². The molecule has 0 amide bonds. The van der Waals surface area contributed by atoms with Gasteiger partial charge in [0.2, 0.25) is 0 Å². The smallest absolute Gasteiger partial charge is 0.143 e. The Hall–Kier alpha value is -0.850. The van der Waals surface area contributed by atoms with Gasteiger partial charge in [0.25, 0.3) is 0 Å². The lowest BCUT2D eigenvalue weighted by Gasteiger charge is -2.11. The first-order valence-electron chi connectivity index (χ1n) is 5.58. The van der Waals surface area contributed by atoms with Gasteiger partial charge < -0.3 is 5.11 Å². The Morgan fingerprint density at radius 1 is 1.50 bits per heavy atom. The van der Waals surface area contributed by atoms with E-state index in [0.29, 0.717) is 9.35 Å². The average molecular weight is 331 g/mol. The molecule has 1 N–H and O–H groups in total. The molecule has 0 radical (unpaired) electrons. The van der Waals surface area contributed by atoms with Crippen molar-refractivity contribution >= 4 is 27.5 Å². The molecule has 0 aliphatic heterocycles. The zero-order valence-corrected chi connectivity index (χ0v) is 12.1. The number of aryl methyl sites for hydroxylation is 1. The van der Waals surface area contributed by atoms with E-state index in [9.17, 15) is 9.50 Å². The van der Waals surface area contributed by atoms with Crippen LogP contribution in [-0.4, -0.2) is 14.7 Å². The summed E-state index contributed by atoms with van der Waals surface area (Å²) in [6.45, 7) is 2.02. The molecule has 1 atom stereocenters. The second-order valence-electron chi connectivity index (χ2n) is 3.88. The number of aliphatic hydroxyl groups is 1. The van der Waals surface area contributed by atoms with Gasteiger partial charge in [0.1, 0.15) is 11.9 Å². The van der Waals surface area contributed by atoms with Crippen molar-refractivity contribution in [2.75, 3.05) is 0 Å². The van der Waals surface area contributed by atoms with E-state index in [1.54, 1.807) is 18.2 Å². The molecule has 1 heterocycles. The lowest BCUT2D eigenvalue weighted by atomic mass is 10.1. The molecule has 2 rings (SSSR count). The van der Waals surface area contributed by atoms with Crippen LogP contribution in [0.2, 0.25) is 0 Å². The molecule has 0 bridgehead atoms. The van der Waals surface area contributed by atoms with Gasteiger partial charge in [0.05, 0.1) is 15.0 Å². The standard InChI is InChI=1S/C12H12BrFN2OS/c1-2-4-9-12(18-16-15-9)11(17)7-5-3-6-8(13)10(7)14/h3,5-6,11,17H,2,4H2,1H3. The van der Waals surface area contributed by atoms with E-state index >= 15 is 0 Å². The van der Waals surface area contributed by atoms with Crippen molar-refractivity contribution in [2.24, 2.45) is 0 Å². The second-order valence-corrected chi connectivity index (χ2v) is 5.52. The molecule has 0 spiro atoms. The summed E-state index contributed by atoms with van der Waals surface area (Å²) in [7, 11) is 0. The summed E-state index contributed by atoms with van der Waals surface area (Å²) >= 11 is 4.23. The van der Waals surface area contributed by atoms with Crippen LogP contribution in [0.3, 0.4) is 0 Å². The Morgan fingerprint density at radius 2 is 2.28 bits per heavy atom. The zero-order valence-electron chi connectivity index (χ0n) is 9.73. The monoisotopic (exact) mass is 330 g/mol. The molecule has 96 valence electrons. The number of aliphatic hydroxyl groups excluding tert-OH is 1. The molecule has 1 aromatic carbocycles. The molecule has 0 fully saturated rings. The number of halogens is 2. The Bertz CT molecular complexity index is 547. The van der Waals surface area contributed by atoms with E-state index in [1.165, 1.54) is 0 Å². The predicted molar refractivity (Wildman–Crippen MR) is 72.1 cm³/mol. The fourth-order valence-electron chi connectivity index (χ4n) is 1.71. The van der Waals surface area contributed by atoms with Crippen molar-refractivity contribution in [1.82, 2.24) is 9.59 Å². The lowest BCUT2D eigenvalue weighted by Crippen LogP contribution is -2.04. The summed E-state index contributed by atoms with van der Waals surface area (Å²) in [5.74, 6) is -0.444. The van der Waals surface area contributed by atoms with Gasteiger partial charge in [-0.1, -0.05) is 30.0 Å². The van der Waals surface area contributed by atoms with Gasteiger partial charge in [-0.05, 0) is 39.9 Å². The Balaban J connectivity index is 2.38. The summed E-state index contributed by atoms with van der Waals surface area (Å²) in [6.07, 6.45) is 0.633. The summed E-state index contributed by atoms with van der Waals surface area (Å²) in [6, 6.07) is 4.86. The Labute approximate surface area is 117 Å². The van der Waals surface area contributed by atoms with Gasteiger partial charge in [0.15, 0.2) is 0 Å². The maximum absolute atomic E-state index is 13.9. The number of aromatic nitrogens is 2. The van der Waals surface area contributed by atoms with Crippen LogP contribution >= 0.6 is 27.5 Å². The molecular weight excluding hydrogens is 319 g/mol. The number of benzene rings is 1. The molecule has 0 saturated carbocycles. The SMILES string of the molecule is CCCc1nnsc1C(O)c1cccc(Br)c1F. The largest absolute Gasteiger partial charge is 0.383 e. The normalized spacial score (nSPS) is 12.7. The van der Waals surface area contributed by atoms with E-state index < -0.39 is 11.9 Å². The highest BCUT2D eigenvalue weighted by Gasteiger charge is 2.22. The first-order chi connectivity index (χ1) is 8.65. The Morgan fingerprint density at radius 3 is 3.00 bits per heavy atom. The molecule has 2 aromatic rings. The van der Waals surface area contributed by atoms with Crippen molar-refractivity contribution in [1.29, 1.82) is 0 Å². The number of hydrogen-bond acceptors (Lipinski definition) is 4. The van der Waals surface area contributed by atoms with Crippen LogP contribution in [0.25, 0.3) is 0 Å². The van der Waals surface area contributed by atoms with Crippen LogP contribution in [0.15, 0.2) is 22.7 Å². The quantitative estimate of drug-likeness (QED) is 0.933. The fourth-order valence-corrected chi connectivity index (χ4v) is 2.79. The van der Waals surface area contributed by atoms with E-state index in [4.69, 9.17) is 0 Å². The molecule has 18 heavy (non-hydrogen) atoms. The molecule has 1 aromatic heterocycles. The van der Waals surface area contributed by atoms with Gasteiger partial charge in [-0.2, -0.15) is 0 Å². The van der Waals surface area contributed by atoms with Crippen molar-refractivity contribution in [3.8, 4) is 0 Å².